The Hall–Kier alpha value is -3.59. The zero-order valence-electron chi connectivity index (χ0n) is 20.1. The third-order valence-corrected chi connectivity index (χ3v) is 7.29. The maximum absolute atomic E-state index is 13.4. The normalized spacial score (nSPS) is 20.0. The molecule has 4 heterocycles. The van der Waals surface area contributed by atoms with Crippen molar-refractivity contribution in [3.8, 4) is 11.8 Å². The van der Waals surface area contributed by atoms with Gasteiger partial charge in [0.05, 0.1) is 24.9 Å². The molecule has 194 valence electrons. The number of fused-ring (bicyclic) bond motifs is 2. The van der Waals surface area contributed by atoms with E-state index in [1.54, 1.807) is 17.0 Å². The molecule has 1 aromatic carbocycles. The average molecular weight is 534 g/mol. The topological polar surface area (TPSA) is 100 Å². The molecule has 37 heavy (non-hydrogen) atoms. The molecule has 0 radical (unpaired) electrons. The molecule has 0 unspecified atom stereocenters. The Kier molecular flexibility index (Phi) is 6.35. The average Bonchev–Trinajstić information content (AvgIpc) is 3.31. The predicted octanol–water partition coefficient (Wildman–Crippen LogP) is 3.88. The van der Waals surface area contributed by atoms with Gasteiger partial charge in [-0.2, -0.15) is 18.4 Å². The van der Waals surface area contributed by atoms with E-state index in [-0.39, 0.29) is 43.2 Å². The van der Waals surface area contributed by atoms with Crippen molar-refractivity contribution in [2.45, 2.75) is 32.6 Å². The summed E-state index contributed by atoms with van der Waals surface area (Å²) in [6.07, 6.45) is -2.56. The van der Waals surface area contributed by atoms with Crippen LogP contribution in [0.1, 0.15) is 30.6 Å². The van der Waals surface area contributed by atoms with E-state index in [1.807, 2.05) is 6.92 Å². The van der Waals surface area contributed by atoms with Gasteiger partial charge >= 0.3 is 6.18 Å². The largest absolute Gasteiger partial charge is 0.494 e. The Labute approximate surface area is 215 Å². The number of piperidine rings is 1. The second kappa shape index (κ2) is 9.37. The molecular formula is C24H23ClF3N7O2. The Bertz CT molecular complexity index is 1420. The van der Waals surface area contributed by atoms with Gasteiger partial charge in [-0.25, -0.2) is 0 Å². The number of carbonyl (C=O) groups is 1. The minimum absolute atomic E-state index is 0.00668. The quantitative estimate of drug-likeness (QED) is 0.503. The molecule has 0 bridgehead atoms. The molecular weight excluding hydrogens is 511 g/mol. The number of hydrogen-bond donors (Lipinski definition) is 0. The van der Waals surface area contributed by atoms with Crippen molar-refractivity contribution in [1.29, 1.82) is 5.26 Å². The zero-order chi connectivity index (χ0) is 26.5. The molecule has 1 amide bonds. The summed E-state index contributed by atoms with van der Waals surface area (Å²) in [6, 6.07) is 5.62. The van der Waals surface area contributed by atoms with Crippen LogP contribution in [0.25, 0.3) is 10.9 Å². The van der Waals surface area contributed by atoms with Gasteiger partial charge < -0.3 is 19.1 Å². The first-order valence-electron chi connectivity index (χ1n) is 11.7. The number of ether oxygens (including phenoxy) is 1. The summed E-state index contributed by atoms with van der Waals surface area (Å²) in [5.74, 6) is -0.916. The van der Waals surface area contributed by atoms with Gasteiger partial charge in [0.25, 0.3) is 0 Å². The minimum atomic E-state index is -4.59. The van der Waals surface area contributed by atoms with Crippen LogP contribution in [0.15, 0.2) is 18.3 Å². The first-order valence-corrected chi connectivity index (χ1v) is 12.1. The van der Waals surface area contributed by atoms with E-state index in [4.69, 9.17) is 16.3 Å². The van der Waals surface area contributed by atoms with Gasteiger partial charge in [-0.3, -0.25) is 9.78 Å². The Morgan fingerprint density at radius 1 is 1.24 bits per heavy atom. The fourth-order valence-corrected chi connectivity index (χ4v) is 5.52. The second-order valence-corrected chi connectivity index (χ2v) is 9.74. The number of anilines is 1. The molecule has 0 N–H and O–H groups in total. The summed E-state index contributed by atoms with van der Waals surface area (Å²) < 4.78 is 45.9. The summed E-state index contributed by atoms with van der Waals surface area (Å²) in [5.41, 5.74) is 1.67. The Morgan fingerprint density at radius 3 is 2.70 bits per heavy atom. The van der Waals surface area contributed by atoms with Gasteiger partial charge in [-0.1, -0.05) is 18.5 Å². The van der Waals surface area contributed by atoms with Crippen molar-refractivity contribution in [2.75, 3.05) is 31.6 Å². The van der Waals surface area contributed by atoms with Gasteiger partial charge in [0.1, 0.15) is 17.3 Å². The second-order valence-electron chi connectivity index (χ2n) is 9.30. The van der Waals surface area contributed by atoms with Gasteiger partial charge in [-0.05, 0) is 18.4 Å². The number of nitriles is 1. The molecule has 2 aromatic heterocycles. The monoisotopic (exact) mass is 533 g/mol. The van der Waals surface area contributed by atoms with Gasteiger partial charge in [0.15, 0.2) is 5.82 Å². The standard InChI is InChI=1S/C24H23ClF3N7O2/c1-13-11-33(21-14(9-29)10-30-20-17(21)7-15(25)8-18(20)37-2)4-3-16(13)22(36)34-5-6-35-19(12-34)31-32-23(35)24(26,27)28/h7-8,10,13,16H,3-6,11-12H2,1-2H3/t13-,16+/m1/s1. The molecule has 0 spiro atoms. The highest BCUT2D eigenvalue weighted by atomic mass is 35.5. The SMILES string of the molecule is COc1cc(Cl)cc2c(N3CC[C@H](C(=O)N4CCn5c(nnc5C(F)(F)F)C4)[C@H](C)C3)c(C#N)cnc12. The lowest BCUT2D eigenvalue weighted by Crippen LogP contribution is -2.49. The van der Waals surface area contributed by atoms with Crippen LogP contribution in [-0.4, -0.2) is 57.3 Å². The van der Waals surface area contributed by atoms with Crippen molar-refractivity contribution < 1.29 is 22.7 Å². The lowest BCUT2D eigenvalue weighted by Gasteiger charge is -2.40. The van der Waals surface area contributed by atoms with Crippen molar-refractivity contribution in [3.63, 3.8) is 0 Å². The number of amides is 1. The molecule has 0 aliphatic carbocycles. The van der Waals surface area contributed by atoms with E-state index in [9.17, 15) is 23.2 Å². The lowest BCUT2D eigenvalue weighted by atomic mass is 9.85. The van der Waals surface area contributed by atoms with E-state index in [0.29, 0.717) is 52.4 Å². The van der Waals surface area contributed by atoms with Crippen molar-refractivity contribution in [3.05, 3.63) is 40.6 Å². The molecule has 2 aliphatic heterocycles. The number of nitrogens with zero attached hydrogens (tertiary/aromatic N) is 7. The van der Waals surface area contributed by atoms with Crippen LogP contribution >= 0.6 is 11.6 Å². The summed E-state index contributed by atoms with van der Waals surface area (Å²) in [5, 5.41) is 17.9. The highest BCUT2D eigenvalue weighted by molar-refractivity contribution is 6.31. The van der Waals surface area contributed by atoms with Gasteiger partial charge in [0, 0.05) is 54.8 Å². The van der Waals surface area contributed by atoms with Gasteiger partial charge in [-0.15, -0.1) is 10.2 Å². The number of alkyl halides is 3. The maximum atomic E-state index is 13.4. The molecule has 3 aromatic rings. The molecule has 2 atom stereocenters. The predicted molar refractivity (Wildman–Crippen MR) is 128 cm³/mol. The van der Waals surface area contributed by atoms with Crippen molar-refractivity contribution in [1.82, 2.24) is 24.6 Å². The van der Waals surface area contributed by atoms with Crippen LogP contribution in [0.5, 0.6) is 5.75 Å². The number of aromatic nitrogens is 4. The molecule has 5 rings (SSSR count). The zero-order valence-corrected chi connectivity index (χ0v) is 20.8. The Balaban J connectivity index is 1.37. The van der Waals surface area contributed by atoms with E-state index < -0.39 is 12.0 Å². The highest BCUT2D eigenvalue weighted by Crippen LogP contribution is 2.39. The number of rotatable bonds is 3. The van der Waals surface area contributed by atoms with E-state index in [1.165, 1.54) is 13.3 Å². The Morgan fingerprint density at radius 2 is 2.03 bits per heavy atom. The molecule has 9 nitrogen and oxygen atoms in total. The third kappa shape index (κ3) is 4.41. The van der Waals surface area contributed by atoms with Crippen LogP contribution in [0, 0.1) is 23.2 Å². The fraction of sp³-hybridized carbons (Fsp3) is 0.458. The fourth-order valence-electron chi connectivity index (χ4n) is 5.31. The molecule has 2 aliphatic rings. The lowest BCUT2D eigenvalue weighted by molar-refractivity contribution is -0.148. The maximum Gasteiger partial charge on any atom is 0.451 e. The summed E-state index contributed by atoms with van der Waals surface area (Å²) in [6.45, 7) is 3.11. The molecule has 1 fully saturated rings. The van der Waals surface area contributed by atoms with Crippen LogP contribution in [0.2, 0.25) is 5.02 Å². The first-order chi connectivity index (χ1) is 17.6. The van der Waals surface area contributed by atoms with Crippen LogP contribution in [-0.2, 0) is 24.1 Å². The summed E-state index contributed by atoms with van der Waals surface area (Å²) in [4.78, 5) is 21.4. The number of carbonyl (C=O) groups excluding carboxylic acids is 1. The van der Waals surface area contributed by atoms with Crippen LogP contribution < -0.4 is 9.64 Å². The van der Waals surface area contributed by atoms with E-state index >= 15 is 0 Å². The third-order valence-electron chi connectivity index (χ3n) is 7.07. The molecule has 0 saturated carbocycles. The van der Waals surface area contributed by atoms with Crippen LogP contribution in [0.3, 0.4) is 0 Å². The van der Waals surface area contributed by atoms with Crippen LogP contribution in [0.4, 0.5) is 18.9 Å². The number of benzene rings is 1. The van der Waals surface area contributed by atoms with Crippen molar-refractivity contribution >= 4 is 34.1 Å². The first kappa shape index (κ1) is 25.1. The summed E-state index contributed by atoms with van der Waals surface area (Å²) in [7, 11) is 1.52. The van der Waals surface area contributed by atoms with E-state index in [0.717, 1.165) is 4.57 Å². The highest BCUT2D eigenvalue weighted by Gasteiger charge is 2.41. The number of methoxy groups -OCH3 is 1. The smallest absolute Gasteiger partial charge is 0.451 e. The van der Waals surface area contributed by atoms with Crippen molar-refractivity contribution in [2.24, 2.45) is 11.8 Å². The molecule has 1 saturated heterocycles. The number of pyridine rings is 1. The minimum Gasteiger partial charge on any atom is -0.494 e. The number of hydrogen-bond acceptors (Lipinski definition) is 7. The van der Waals surface area contributed by atoms with E-state index in [2.05, 4.69) is 26.2 Å². The molecule has 13 heteroatoms. The summed E-state index contributed by atoms with van der Waals surface area (Å²) >= 11 is 6.32. The number of halogens is 4. The van der Waals surface area contributed by atoms with Gasteiger partial charge in [0.2, 0.25) is 11.7 Å².